The number of halogens is 1. The second kappa shape index (κ2) is 16.5. The first kappa shape index (κ1) is 35.9. The van der Waals surface area contributed by atoms with Crippen LogP contribution in [0.2, 0.25) is 0 Å². The topological polar surface area (TPSA) is 241 Å². The fraction of sp³-hybridized carbons (Fsp3) is 0.407. The number of anilines is 1. The van der Waals surface area contributed by atoms with Crippen LogP contribution >= 0.6 is 11.6 Å². The first-order valence-corrected chi connectivity index (χ1v) is 15.4. The highest BCUT2D eigenvalue weighted by molar-refractivity contribution is 7.89. The lowest BCUT2D eigenvalue weighted by molar-refractivity contribution is -0.138. The number of benzene rings is 2. The number of ketones is 2. The van der Waals surface area contributed by atoms with E-state index in [0.717, 1.165) is 5.69 Å². The van der Waals surface area contributed by atoms with Gasteiger partial charge < -0.3 is 31.7 Å². The summed E-state index contributed by atoms with van der Waals surface area (Å²) in [6.45, 7) is -0.533. The van der Waals surface area contributed by atoms with Gasteiger partial charge in [-0.15, -0.1) is 11.6 Å². The van der Waals surface area contributed by atoms with Crippen molar-refractivity contribution in [2.24, 2.45) is 5.73 Å². The lowest BCUT2D eigenvalue weighted by Crippen LogP contribution is -2.51. The number of guanidine groups is 1. The number of carbonyl (C=O) groups is 5. The number of fused-ring (bicyclic) bond motifs is 1. The second-order valence-electron chi connectivity index (χ2n) is 9.87. The molecule has 2 rings (SSSR count). The van der Waals surface area contributed by atoms with Crippen LogP contribution in [-0.2, 0) is 34.0 Å². The number of hydrogen-bond donors (Lipinski definition) is 7. The van der Waals surface area contributed by atoms with Gasteiger partial charge >= 0.3 is 5.97 Å². The zero-order valence-corrected chi connectivity index (χ0v) is 25.8. The number of rotatable bonds is 18. The van der Waals surface area contributed by atoms with Crippen molar-refractivity contribution < 1.29 is 37.5 Å². The summed E-state index contributed by atoms with van der Waals surface area (Å²) in [5.41, 5.74) is 5.96. The zero-order chi connectivity index (χ0) is 33.0. The van der Waals surface area contributed by atoms with Crippen LogP contribution in [0.15, 0.2) is 41.3 Å². The maximum Gasteiger partial charge on any atom is 0.303 e. The number of nitrogens with zero attached hydrogens (tertiary/aromatic N) is 1. The molecule has 44 heavy (non-hydrogen) atoms. The zero-order valence-electron chi connectivity index (χ0n) is 24.2. The molecule has 240 valence electrons. The Balaban J connectivity index is 2.20. The fourth-order valence-electron chi connectivity index (χ4n) is 4.25. The standard InChI is InChI=1S/C27H36ClN7O8S/c1-35(2)20-9-3-7-17-16(20)6-4-10-22(17)44(42,43)34-19(11-12-24(38)39)26(41)32-15-23(37)33-18(25(40)21(36)14-28)8-5-13-31-27(29)30/h3-4,6-7,9-10,18-19,34H,5,8,11-15H2,1-2H3,(H,32,41)(H,33,37)(H,38,39)(H4,29,30,31)/t18-,19-/m0/s1. The highest BCUT2D eigenvalue weighted by Gasteiger charge is 2.29. The largest absolute Gasteiger partial charge is 0.481 e. The van der Waals surface area contributed by atoms with Crippen LogP contribution in [0.3, 0.4) is 0 Å². The average molecular weight is 654 g/mol. The summed E-state index contributed by atoms with van der Waals surface area (Å²) in [5, 5.41) is 24.5. The lowest BCUT2D eigenvalue weighted by atomic mass is 10.0. The Bertz CT molecular complexity index is 1520. The molecular weight excluding hydrogens is 618 g/mol. The smallest absolute Gasteiger partial charge is 0.303 e. The molecule has 0 saturated carbocycles. The lowest BCUT2D eigenvalue weighted by Gasteiger charge is -2.21. The number of carboxylic acid groups (broad SMARTS) is 1. The molecule has 0 aliphatic heterocycles. The van der Waals surface area contributed by atoms with Crippen LogP contribution in [0.5, 0.6) is 0 Å². The summed E-state index contributed by atoms with van der Waals surface area (Å²) >= 11 is 5.47. The van der Waals surface area contributed by atoms with Crippen LogP contribution in [0.4, 0.5) is 5.69 Å². The van der Waals surface area contributed by atoms with Crippen molar-refractivity contribution in [3.8, 4) is 0 Å². The van der Waals surface area contributed by atoms with E-state index in [1.807, 2.05) is 11.0 Å². The van der Waals surface area contributed by atoms with Gasteiger partial charge in [0.1, 0.15) is 6.04 Å². The molecule has 0 aliphatic carbocycles. The van der Waals surface area contributed by atoms with E-state index in [1.54, 1.807) is 38.4 Å². The van der Waals surface area contributed by atoms with Gasteiger partial charge in [0, 0.05) is 43.5 Å². The van der Waals surface area contributed by atoms with Crippen molar-refractivity contribution in [2.75, 3.05) is 38.0 Å². The molecule has 2 amide bonds. The summed E-state index contributed by atoms with van der Waals surface area (Å²) in [7, 11) is -0.765. The summed E-state index contributed by atoms with van der Waals surface area (Å²) < 4.78 is 29.2. The van der Waals surface area contributed by atoms with E-state index >= 15 is 0 Å². The molecule has 0 heterocycles. The van der Waals surface area contributed by atoms with Crippen LogP contribution in [0.25, 0.3) is 10.8 Å². The number of aliphatic carboxylic acids is 1. The predicted octanol–water partition coefficient (Wildman–Crippen LogP) is -0.341. The number of hydrogen-bond acceptors (Lipinski definition) is 9. The molecule has 0 saturated heterocycles. The Hall–Kier alpha value is -4.28. The summed E-state index contributed by atoms with van der Waals surface area (Å²) in [5.74, 6) is -5.93. The molecule has 0 aliphatic rings. The summed E-state index contributed by atoms with van der Waals surface area (Å²) in [6, 6.07) is 6.91. The third kappa shape index (κ3) is 10.5. The number of nitrogens with one attached hydrogen (secondary N) is 5. The Kier molecular flexibility index (Phi) is 13.5. The number of nitrogens with two attached hydrogens (primary N) is 1. The summed E-state index contributed by atoms with van der Waals surface area (Å²) in [4.78, 5) is 62.8. The molecular formula is C27H36ClN7O8S. The molecule has 15 nitrogen and oxygen atoms in total. The van der Waals surface area contributed by atoms with E-state index in [0.29, 0.717) is 10.8 Å². The van der Waals surface area contributed by atoms with Gasteiger partial charge in [-0.25, -0.2) is 8.42 Å². The van der Waals surface area contributed by atoms with Crippen LogP contribution in [-0.4, -0.2) is 94.0 Å². The highest BCUT2D eigenvalue weighted by Crippen LogP contribution is 2.30. The van der Waals surface area contributed by atoms with Gasteiger partial charge in [-0.3, -0.25) is 29.4 Å². The van der Waals surface area contributed by atoms with Crippen LogP contribution < -0.4 is 31.3 Å². The van der Waals surface area contributed by atoms with Gasteiger partial charge in [0.15, 0.2) is 5.96 Å². The summed E-state index contributed by atoms with van der Waals surface area (Å²) in [6.07, 6.45) is -0.757. The molecule has 17 heteroatoms. The van der Waals surface area contributed by atoms with Gasteiger partial charge in [0.25, 0.3) is 0 Å². The SMILES string of the molecule is CN(C)c1cccc2c(S(=O)(=O)N[C@@H](CCC(=O)O)C(=O)NCC(=O)N[C@@H](CCCNC(=N)N)C(=O)C(=O)CCl)cccc12. The minimum absolute atomic E-state index is 0.0109. The molecule has 0 spiro atoms. The van der Waals surface area contributed by atoms with E-state index in [4.69, 9.17) is 27.9 Å². The second-order valence-corrected chi connectivity index (χ2v) is 11.8. The number of carboxylic acids is 1. The van der Waals surface area contributed by atoms with E-state index in [9.17, 15) is 32.4 Å². The van der Waals surface area contributed by atoms with Gasteiger partial charge in [-0.05, 0) is 31.4 Å². The Labute approximate surface area is 259 Å². The Morgan fingerprint density at radius 1 is 1.00 bits per heavy atom. The molecule has 8 N–H and O–H groups in total. The fourth-order valence-corrected chi connectivity index (χ4v) is 5.83. The van der Waals surface area contributed by atoms with Gasteiger partial charge in [0.05, 0.1) is 23.4 Å². The average Bonchev–Trinajstić information content (AvgIpc) is 2.97. The van der Waals surface area contributed by atoms with Gasteiger partial charge in [-0.1, -0.05) is 24.3 Å². The molecule has 0 radical (unpaired) electrons. The Morgan fingerprint density at radius 3 is 2.27 bits per heavy atom. The first-order valence-electron chi connectivity index (χ1n) is 13.4. The monoisotopic (exact) mass is 653 g/mol. The van der Waals surface area contributed by atoms with Crippen molar-refractivity contribution in [2.45, 2.75) is 42.7 Å². The molecule has 0 fully saturated rings. The Morgan fingerprint density at radius 2 is 1.66 bits per heavy atom. The third-order valence-electron chi connectivity index (χ3n) is 6.35. The van der Waals surface area contributed by atoms with Crippen molar-refractivity contribution in [3.63, 3.8) is 0 Å². The molecule has 0 bridgehead atoms. The highest BCUT2D eigenvalue weighted by atomic mass is 35.5. The number of carbonyl (C=O) groups excluding carboxylic acids is 4. The number of alkyl halides is 1. The van der Waals surface area contributed by atoms with Crippen LogP contribution in [0, 0.1) is 5.41 Å². The molecule has 0 unspecified atom stereocenters. The number of sulfonamides is 1. The first-order chi connectivity index (χ1) is 20.7. The molecule has 2 aromatic carbocycles. The molecule has 2 aromatic rings. The maximum atomic E-state index is 13.5. The van der Waals surface area contributed by atoms with Crippen molar-refractivity contribution in [1.29, 1.82) is 5.41 Å². The third-order valence-corrected chi connectivity index (χ3v) is 8.12. The van der Waals surface area contributed by atoms with Gasteiger partial charge in [0.2, 0.25) is 33.4 Å². The van der Waals surface area contributed by atoms with E-state index in [1.165, 1.54) is 6.07 Å². The molecule has 0 aromatic heterocycles. The normalized spacial score (nSPS) is 12.5. The predicted molar refractivity (Wildman–Crippen MR) is 164 cm³/mol. The minimum Gasteiger partial charge on any atom is -0.481 e. The number of Topliss-reactive ketones (excluding diaryl/α,β-unsaturated/α-hetero) is 2. The van der Waals surface area contributed by atoms with Crippen molar-refractivity contribution in [3.05, 3.63) is 36.4 Å². The van der Waals surface area contributed by atoms with E-state index in [-0.39, 0.29) is 30.2 Å². The van der Waals surface area contributed by atoms with E-state index < -0.39 is 76.7 Å². The van der Waals surface area contributed by atoms with Gasteiger partial charge in [-0.2, -0.15) is 4.72 Å². The maximum absolute atomic E-state index is 13.5. The quantitative estimate of drug-likeness (QED) is 0.0361. The van der Waals surface area contributed by atoms with Crippen molar-refractivity contribution in [1.82, 2.24) is 20.7 Å². The van der Waals surface area contributed by atoms with Crippen molar-refractivity contribution >= 4 is 73.4 Å². The molecule has 2 atom stereocenters. The van der Waals surface area contributed by atoms with E-state index in [2.05, 4.69) is 20.7 Å². The number of amides is 2. The van der Waals surface area contributed by atoms with Crippen LogP contribution in [0.1, 0.15) is 25.7 Å². The minimum atomic E-state index is -4.37.